The summed E-state index contributed by atoms with van der Waals surface area (Å²) in [5.74, 6) is -0.411. The molecule has 1 amide bonds. The van der Waals surface area contributed by atoms with E-state index >= 15 is 0 Å². The lowest BCUT2D eigenvalue weighted by atomic mass is 10.1. The van der Waals surface area contributed by atoms with E-state index in [1.54, 1.807) is 38.1 Å². The normalized spacial score (nSPS) is 13.1. The predicted molar refractivity (Wildman–Crippen MR) is 162 cm³/mol. The van der Waals surface area contributed by atoms with Crippen molar-refractivity contribution in [1.82, 2.24) is 4.72 Å². The fourth-order valence-corrected chi connectivity index (χ4v) is 5.79. The van der Waals surface area contributed by atoms with Gasteiger partial charge in [0.2, 0.25) is 10.0 Å². The molecule has 9 nitrogen and oxygen atoms in total. The standard InChI is InChI=1S/C32H36N2O7S/c1-7-20(4)40-26-9-8-10-27-28(26)21(5)30(41-27)31(35)33-24-15-11-22(12-16-24)23-13-17-25(18-14-23)42(37,38)34-29(19(2)3)32(36)39-6/h8-20,29,34H,7H2,1-6H3,(H,33,35)/t20?,29-/m0/s1. The van der Waals surface area contributed by atoms with E-state index in [0.717, 1.165) is 22.9 Å². The van der Waals surface area contributed by atoms with Crippen molar-refractivity contribution in [1.29, 1.82) is 0 Å². The van der Waals surface area contributed by atoms with Crippen LogP contribution in [0.2, 0.25) is 0 Å². The number of carbonyl (C=O) groups is 2. The molecule has 0 spiro atoms. The summed E-state index contributed by atoms with van der Waals surface area (Å²) in [6.07, 6.45) is 0.883. The molecule has 10 heteroatoms. The fraction of sp³-hybridized carbons (Fsp3) is 0.312. The Balaban J connectivity index is 1.48. The smallest absolute Gasteiger partial charge is 0.324 e. The van der Waals surface area contributed by atoms with E-state index in [1.165, 1.54) is 19.2 Å². The fourth-order valence-electron chi connectivity index (χ4n) is 4.46. The van der Waals surface area contributed by atoms with E-state index < -0.39 is 22.0 Å². The first-order chi connectivity index (χ1) is 19.9. The van der Waals surface area contributed by atoms with Crippen molar-refractivity contribution in [2.24, 2.45) is 5.92 Å². The number of amides is 1. The van der Waals surface area contributed by atoms with Crippen molar-refractivity contribution in [3.8, 4) is 16.9 Å². The SMILES string of the molecule is CCC(C)Oc1cccc2oc(C(=O)Nc3ccc(-c4ccc(S(=O)(=O)N[C@H](C(=O)OC)C(C)C)cc4)cc3)c(C)c12. The van der Waals surface area contributed by atoms with Crippen LogP contribution in [0.5, 0.6) is 5.75 Å². The van der Waals surface area contributed by atoms with Crippen LogP contribution >= 0.6 is 0 Å². The van der Waals surface area contributed by atoms with E-state index in [-0.39, 0.29) is 28.6 Å². The number of rotatable bonds is 11. The van der Waals surface area contributed by atoms with Crippen LogP contribution in [0.15, 0.2) is 76.0 Å². The molecule has 2 N–H and O–H groups in total. The third kappa shape index (κ3) is 6.66. The van der Waals surface area contributed by atoms with E-state index in [0.29, 0.717) is 22.6 Å². The number of hydrogen-bond acceptors (Lipinski definition) is 7. The second-order valence-corrected chi connectivity index (χ2v) is 12.2. The van der Waals surface area contributed by atoms with Crippen LogP contribution in [0.1, 0.15) is 50.2 Å². The molecule has 4 rings (SSSR count). The maximum Gasteiger partial charge on any atom is 0.324 e. The molecule has 0 bridgehead atoms. The Kier molecular flexibility index (Phi) is 9.38. The number of fused-ring (bicyclic) bond motifs is 1. The number of anilines is 1. The third-order valence-corrected chi connectivity index (χ3v) is 8.53. The summed E-state index contributed by atoms with van der Waals surface area (Å²) in [5, 5.41) is 3.66. The lowest BCUT2D eigenvalue weighted by Crippen LogP contribution is -2.44. The maximum atomic E-state index is 13.1. The van der Waals surface area contributed by atoms with Gasteiger partial charge in [0.05, 0.1) is 23.5 Å². The highest BCUT2D eigenvalue weighted by atomic mass is 32.2. The summed E-state index contributed by atoms with van der Waals surface area (Å²) in [6, 6.07) is 18.0. The molecule has 0 fully saturated rings. The Bertz CT molecular complexity index is 1670. The van der Waals surface area contributed by atoms with Gasteiger partial charge in [-0.3, -0.25) is 9.59 Å². The van der Waals surface area contributed by atoms with Crippen LogP contribution in [0.25, 0.3) is 22.1 Å². The van der Waals surface area contributed by atoms with Crippen LogP contribution in [0.4, 0.5) is 5.69 Å². The number of furan rings is 1. The number of ether oxygens (including phenoxy) is 2. The number of benzene rings is 3. The van der Waals surface area contributed by atoms with Gasteiger partial charge in [-0.15, -0.1) is 0 Å². The Morgan fingerprint density at radius 2 is 1.55 bits per heavy atom. The molecule has 222 valence electrons. The molecule has 1 unspecified atom stereocenters. The van der Waals surface area contributed by atoms with E-state index in [4.69, 9.17) is 13.9 Å². The van der Waals surface area contributed by atoms with Crippen molar-refractivity contribution < 1.29 is 31.9 Å². The van der Waals surface area contributed by atoms with Crippen LogP contribution in [-0.4, -0.2) is 39.5 Å². The first-order valence-electron chi connectivity index (χ1n) is 13.8. The Morgan fingerprint density at radius 1 is 0.929 bits per heavy atom. The van der Waals surface area contributed by atoms with Gasteiger partial charge in [0.15, 0.2) is 5.76 Å². The zero-order valence-electron chi connectivity index (χ0n) is 24.6. The molecule has 1 heterocycles. The molecule has 0 aliphatic carbocycles. The van der Waals surface area contributed by atoms with Crippen molar-refractivity contribution in [3.05, 3.63) is 78.1 Å². The number of nitrogens with one attached hydrogen (secondary N) is 2. The molecule has 0 radical (unpaired) electrons. The van der Waals surface area contributed by atoms with Crippen molar-refractivity contribution in [3.63, 3.8) is 0 Å². The topological polar surface area (TPSA) is 124 Å². The lowest BCUT2D eigenvalue weighted by Gasteiger charge is -2.19. The molecule has 1 aromatic heterocycles. The molecule has 0 saturated heterocycles. The second-order valence-electron chi connectivity index (χ2n) is 10.4. The molecule has 0 aliphatic rings. The summed E-state index contributed by atoms with van der Waals surface area (Å²) in [5.41, 5.74) is 3.47. The van der Waals surface area contributed by atoms with Gasteiger partial charge in [0.1, 0.15) is 17.4 Å². The number of hydrogen-bond donors (Lipinski definition) is 2. The molecular weight excluding hydrogens is 556 g/mol. The van der Waals surface area contributed by atoms with Crippen LogP contribution in [0.3, 0.4) is 0 Å². The van der Waals surface area contributed by atoms with E-state index in [1.807, 2.05) is 51.1 Å². The van der Waals surface area contributed by atoms with Crippen LogP contribution in [-0.2, 0) is 19.6 Å². The first kappa shape index (κ1) is 30.8. The highest BCUT2D eigenvalue weighted by Crippen LogP contribution is 2.34. The van der Waals surface area contributed by atoms with Crippen molar-refractivity contribution in [2.75, 3.05) is 12.4 Å². The number of methoxy groups -OCH3 is 1. The zero-order chi connectivity index (χ0) is 30.6. The summed E-state index contributed by atoms with van der Waals surface area (Å²) < 4.78 is 44.8. The van der Waals surface area contributed by atoms with Gasteiger partial charge in [-0.25, -0.2) is 8.42 Å². The molecule has 42 heavy (non-hydrogen) atoms. The molecule has 3 aromatic carbocycles. The number of carbonyl (C=O) groups excluding carboxylic acids is 2. The van der Waals surface area contributed by atoms with Gasteiger partial charge in [0.25, 0.3) is 5.91 Å². The predicted octanol–water partition coefficient (Wildman–Crippen LogP) is 6.31. The number of sulfonamides is 1. The Hall–Kier alpha value is -4.15. The average molecular weight is 593 g/mol. The number of esters is 1. The summed E-state index contributed by atoms with van der Waals surface area (Å²) >= 11 is 0. The van der Waals surface area contributed by atoms with Gasteiger partial charge < -0.3 is 19.2 Å². The van der Waals surface area contributed by atoms with Gasteiger partial charge in [-0.2, -0.15) is 4.72 Å². The minimum Gasteiger partial charge on any atom is -0.490 e. The zero-order valence-corrected chi connectivity index (χ0v) is 25.4. The van der Waals surface area contributed by atoms with Gasteiger partial charge >= 0.3 is 5.97 Å². The minimum absolute atomic E-state index is 0.0294. The van der Waals surface area contributed by atoms with Crippen LogP contribution in [0, 0.1) is 12.8 Å². The first-order valence-corrected chi connectivity index (χ1v) is 15.2. The van der Waals surface area contributed by atoms with Gasteiger partial charge in [0, 0.05) is 11.3 Å². The van der Waals surface area contributed by atoms with E-state index in [9.17, 15) is 18.0 Å². The maximum absolute atomic E-state index is 13.1. The largest absolute Gasteiger partial charge is 0.490 e. The lowest BCUT2D eigenvalue weighted by molar-refractivity contribution is -0.143. The van der Waals surface area contributed by atoms with Crippen LogP contribution < -0.4 is 14.8 Å². The van der Waals surface area contributed by atoms with Crippen molar-refractivity contribution in [2.45, 2.75) is 58.1 Å². The molecule has 2 atom stereocenters. The van der Waals surface area contributed by atoms with Gasteiger partial charge in [-0.05, 0) is 73.7 Å². The van der Waals surface area contributed by atoms with Crippen molar-refractivity contribution >= 4 is 38.6 Å². The Labute approximate surface area is 246 Å². The minimum atomic E-state index is -3.94. The average Bonchev–Trinajstić information content (AvgIpc) is 3.33. The molecule has 4 aromatic rings. The summed E-state index contributed by atoms with van der Waals surface area (Å²) in [4.78, 5) is 25.2. The highest BCUT2D eigenvalue weighted by molar-refractivity contribution is 7.89. The number of aryl methyl sites for hydroxylation is 1. The van der Waals surface area contributed by atoms with E-state index in [2.05, 4.69) is 10.0 Å². The Morgan fingerprint density at radius 3 is 2.12 bits per heavy atom. The third-order valence-electron chi connectivity index (χ3n) is 7.07. The van der Waals surface area contributed by atoms with Gasteiger partial charge in [-0.1, -0.05) is 51.1 Å². The summed E-state index contributed by atoms with van der Waals surface area (Å²) in [7, 11) is -2.72. The molecule has 0 saturated carbocycles. The second kappa shape index (κ2) is 12.8. The molecule has 0 aliphatic heterocycles. The summed E-state index contributed by atoms with van der Waals surface area (Å²) in [6.45, 7) is 9.35. The monoisotopic (exact) mass is 592 g/mol. The molecular formula is C32H36N2O7S. The quantitative estimate of drug-likeness (QED) is 0.196. The highest BCUT2D eigenvalue weighted by Gasteiger charge is 2.29.